The molecule has 2 N–H and O–H groups in total. The summed E-state index contributed by atoms with van der Waals surface area (Å²) in [6.45, 7) is 3.40. The number of benzene rings is 1. The van der Waals surface area contributed by atoms with Crippen LogP contribution in [0.3, 0.4) is 0 Å². The van der Waals surface area contributed by atoms with Crippen LogP contribution >= 0.6 is 52.1 Å². The van der Waals surface area contributed by atoms with Crippen LogP contribution in [0.15, 0.2) is 34.1 Å². The van der Waals surface area contributed by atoms with E-state index in [0.29, 0.717) is 10.0 Å². The van der Waals surface area contributed by atoms with Gasteiger partial charge in [-0.05, 0) is 39.5 Å². The zero-order valence-corrected chi connectivity index (χ0v) is 16.2. The number of rotatable bonds is 3. The van der Waals surface area contributed by atoms with Gasteiger partial charge in [0.1, 0.15) is 11.6 Å². The Balaban J connectivity index is 0.00000132. The lowest BCUT2D eigenvalue weighted by molar-refractivity contribution is 0.194. The van der Waals surface area contributed by atoms with Crippen LogP contribution < -0.4 is 5.32 Å². The second-order valence-electron chi connectivity index (χ2n) is 5.00. The highest BCUT2D eigenvalue weighted by molar-refractivity contribution is 9.10. The third kappa shape index (κ3) is 4.38. The Morgan fingerprint density at radius 3 is 2.52 bits per heavy atom. The topological polar surface area (TPSA) is 35.5 Å². The number of nitrogens with one attached hydrogen (secondary N) is 1. The number of phenolic OH excluding ortho intramolecular Hbond substituents is 1. The average Bonchev–Trinajstić information content (AvgIpc) is 3.02. The Labute approximate surface area is 159 Å². The molecule has 1 saturated heterocycles. The number of hydrogen-bond acceptors (Lipinski definition) is 4. The Hall–Kier alpha value is -0.370. The number of piperazine rings is 1. The molecule has 8 heteroatoms. The van der Waals surface area contributed by atoms with Gasteiger partial charge >= 0.3 is 0 Å². The molecule has 0 aliphatic carbocycles. The fourth-order valence-electron chi connectivity index (χ4n) is 2.71. The largest absolute Gasteiger partial charge is 0.506 e. The predicted octanol–water partition coefficient (Wildman–Crippen LogP) is 4.19. The number of phenols is 1. The van der Waals surface area contributed by atoms with Gasteiger partial charge in [-0.15, -0.1) is 36.2 Å². The van der Waals surface area contributed by atoms with Gasteiger partial charge in [-0.2, -0.15) is 0 Å². The molecule has 1 aliphatic heterocycles. The summed E-state index contributed by atoms with van der Waals surface area (Å²) >= 11 is 4.88. The first kappa shape index (κ1) is 20.7. The molecule has 0 bridgehead atoms. The highest BCUT2D eigenvalue weighted by Crippen LogP contribution is 2.41. The molecule has 1 aromatic carbocycles. The number of halogens is 4. The molecule has 2 aromatic rings. The van der Waals surface area contributed by atoms with Crippen LogP contribution in [0, 0.1) is 5.82 Å². The van der Waals surface area contributed by atoms with E-state index in [-0.39, 0.29) is 42.4 Å². The molecule has 2 heterocycles. The fraction of sp³-hybridized carbons (Fsp3) is 0.333. The van der Waals surface area contributed by atoms with Gasteiger partial charge in [0.05, 0.1) is 16.1 Å². The van der Waals surface area contributed by atoms with Crippen LogP contribution in [-0.2, 0) is 0 Å². The van der Waals surface area contributed by atoms with Crippen LogP contribution in [0.1, 0.15) is 16.5 Å². The number of aromatic hydroxyl groups is 1. The van der Waals surface area contributed by atoms with E-state index in [1.54, 1.807) is 11.3 Å². The summed E-state index contributed by atoms with van der Waals surface area (Å²) in [6, 6.07) is 6.66. The number of hydrogen-bond donors (Lipinski definition) is 2. The van der Waals surface area contributed by atoms with Crippen molar-refractivity contribution < 1.29 is 9.50 Å². The Kier molecular flexibility index (Phi) is 8.27. The lowest BCUT2D eigenvalue weighted by Crippen LogP contribution is -2.45. The van der Waals surface area contributed by atoms with Gasteiger partial charge in [0.15, 0.2) is 0 Å². The SMILES string of the molecule is Cl.Cl.Oc1c(Br)ccc(F)c1[C@H](c1cccs1)N1CCNCC1. The smallest absolute Gasteiger partial charge is 0.137 e. The van der Waals surface area contributed by atoms with Crippen LogP contribution in [0.5, 0.6) is 5.75 Å². The molecule has 23 heavy (non-hydrogen) atoms. The van der Waals surface area contributed by atoms with Crippen molar-refractivity contribution in [1.82, 2.24) is 10.2 Å². The molecule has 0 unspecified atom stereocenters. The summed E-state index contributed by atoms with van der Waals surface area (Å²) in [6.07, 6.45) is 0. The molecular weight excluding hydrogens is 426 g/mol. The van der Waals surface area contributed by atoms with Gasteiger partial charge in [-0.1, -0.05) is 6.07 Å². The van der Waals surface area contributed by atoms with Gasteiger partial charge < -0.3 is 10.4 Å². The van der Waals surface area contributed by atoms with Gasteiger partial charge in [-0.3, -0.25) is 4.90 Å². The molecule has 0 amide bonds. The van der Waals surface area contributed by atoms with Crippen LogP contribution in [0.4, 0.5) is 4.39 Å². The quantitative estimate of drug-likeness (QED) is 0.746. The summed E-state index contributed by atoms with van der Waals surface area (Å²) in [7, 11) is 0. The standard InChI is InChI=1S/C15H16BrFN2OS.2ClH/c16-10-3-4-11(17)13(15(10)20)14(12-2-1-9-21-12)19-7-5-18-6-8-19;;/h1-4,9,14,18,20H,5-8H2;2*1H/t14-;;/m0../s1. The maximum absolute atomic E-state index is 14.4. The van der Waals surface area contributed by atoms with Crippen molar-refractivity contribution in [1.29, 1.82) is 0 Å². The molecule has 3 rings (SSSR count). The van der Waals surface area contributed by atoms with Crippen molar-refractivity contribution in [3.8, 4) is 5.75 Å². The lowest BCUT2D eigenvalue weighted by atomic mass is 10.0. The molecule has 1 fully saturated rings. The molecule has 0 saturated carbocycles. The molecule has 1 aromatic heterocycles. The van der Waals surface area contributed by atoms with Crippen molar-refractivity contribution in [2.24, 2.45) is 0 Å². The second-order valence-corrected chi connectivity index (χ2v) is 6.83. The van der Waals surface area contributed by atoms with E-state index in [2.05, 4.69) is 26.1 Å². The first-order chi connectivity index (χ1) is 10.2. The summed E-state index contributed by atoms with van der Waals surface area (Å²) in [5.74, 6) is -0.375. The maximum atomic E-state index is 14.4. The Morgan fingerprint density at radius 2 is 1.91 bits per heavy atom. The molecule has 0 spiro atoms. The van der Waals surface area contributed by atoms with Gasteiger partial charge in [-0.25, -0.2) is 4.39 Å². The van der Waals surface area contributed by atoms with Crippen molar-refractivity contribution in [2.75, 3.05) is 26.2 Å². The molecule has 1 aliphatic rings. The van der Waals surface area contributed by atoms with E-state index in [0.717, 1.165) is 31.1 Å². The van der Waals surface area contributed by atoms with Crippen LogP contribution in [0.2, 0.25) is 0 Å². The maximum Gasteiger partial charge on any atom is 0.137 e. The van der Waals surface area contributed by atoms with Crippen molar-refractivity contribution >= 4 is 52.1 Å². The number of nitrogens with zero attached hydrogens (tertiary/aromatic N) is 1. The van der Waals surface area contributed by atoms with Gasteiger partial charge in [0.2, 0.25) is 0 Å². The minimum absolute atomic E-state index is 0. The first-order valence-electron chi connectivity index (χ1n) is 6.83. The minimum atomic E-state index is -0.368. The second kappa shape index (κ2) is 9.20. The van der Waals surface area contributed by atoms with E-state index < -0.39 is 0 Å². The predicted molar refractivity (Wildman–Crippen MR) is 101 cm³/mol. The normalized spacial score (nSPS) is 16.3. The number of thiophene rings is 1. The van der Waals surface area contributed by atoms with Crippen molar-refractivity contribution in [3.63, 3.8) is 0 Å². The third-order valence-corrected chi connectivity index (χ3v) is 5.28. The molecule has 1 atom stereocenters. The Morgan fingerprint density at radius 1 is 1.22 bits per heavy atom. The highest BCUT2D eigenvalue weighted by atomic mass is 79.9. The monoisotopic (exact) mass is 442 g/mol. The molecule has 128 valence electrons. The molecule has 0 radical (unpaired) electrons. The summed E-state index contributed by atoms with van der Waals surface area (Å²) in [4.78, 5) is 3.26. The zero-order chi connectivity index (χ0) is 14.8. The average molecular weight is 444 g/mol. The molecule has 3 nitrogen and oxygen atoms in total. The summed E-state index contributed by atoms with van der Waals surface area (Å²) in [5, 5.41) is 15.6. The van der Waals surface area contributed by atoms with E-state index in [9.17, 15) is 9.50 Å². The van der Waals surface area contributed by atoms with Crippen molar-refractivity contribution in [3.05, 3.63) is 50.4 Å². The third-order valence-electron chi connectivity index (χ3n) is 3.72. The van der Waals surface area contributed by atoms with E-state index in [1.807, 2.05) is 17.5 Å². The summed E-state index contributed by atoms with van der Waals surface area (Å²) in [5.41, 5.74) is 0.355. The van der Waals surface area contributed by atoms with Crippen LogP contribution in [0.25, 0.3) is 0 Å². The van der Waals surface area contributed by atoms with Gasteiger partial charge in [0, 0.05) is 31.1 Å². The van der Waals surface area contributed by atoms with E-state index in [4.69, 9.17) is 0 Å². The first-order valence-corrected chi connectivity index (χ1v) is 8.51. The minimum Gasteiger partial charge on any atom is -0.506 e. The highest BCUT2D eigenvalue weighted by Gasteiger charge is 2.30. The van der Waals surface area contributed by atoms with Crippen LogP contribution in [-0.4, -0.2) is 36.2 Å². The zero-order valence-electron chi connectivity index (χ0n) is 12.2. The van der Waals surface area contributed by atoms with Crippen molar-refractivity contribution in [2.45, 2.75) is 6.04 Å². The Bertz CT molecular complexity index is 624. The molecular formula is C15H18BrCl2FN2OS. The van der Waals surface area contributed by atoms with E-state index >= 15 is 0 Å². The lowest BCUT2D eigenvalue weighted by Gasteiger charge is -2.35. The van der Waals surface area contributed by atoms with Gasteiger partial charge in [0.25, 0.3) is 0 Å². The van der Waals surface area contributed by atoms with E-state index in [1.165, 1.54) is 12.1 Å². The summed E-state index contributed by atoms with van der Waals surface area (Å²) < 4.78 is 14.9. The fourth-order valence-corrected chi connectivity index (χ4v) is 3.92.